The minimum Gasteiger partial charge on any atom is -0.497 e. The molecule has 3 aliphatic heterocycles. The molecule has 0 radical (unpaired) electrons. The average molecular weight is 1850 g/mol. The number of carbonyl (C=O) groups excluding carboxylic acids is 16. The first-order valence-electron chi connectivity index (χ1n) is 44.9. The van der Waals surface area contributed by atoms with Gasteiger partial charge in [0.25, 0.3) is 0 Å². The maximum atomic E-state index is 15.8. The smallest absolute Gasteiger partial charge is 0.245 e. The normalized spacial score (nSPS) is 25.2. The first kappa shape index (κ1) is 105. The molecule has 16 amide bonds. The summed E-state index contributed by atoms with van der Waals surface area (Å²) in [5.41, 5.74) is 39.0. The number of aromatic nitrogens is 2. The van der Waals surface area contributed by atoms with Crippen LogP contribution in [0.3, 0.4) is 0 Å². The molecule has 0 bridgehead atoms. The van der Waals surface area contributed by atoms with E-state index in [4.69, 9.17) is 39.1 Å². The molecule has 3 saturated heterocycles. The van der Waals surface area contributed by atoms with Gasteiger partial charge in [-0.15, -0.1) is 11.8 Å². The van der Waals surface area contributed by atoms with E-state index in [2.05, 4.69) is 63.1 Å². The zero-order valence-corrected chi connectivity index (χ0v) is 76.6. The number of thioether (sulfide) groups is 1. The number of aromatic amines is 2. The Bertz CT molecular complexity index is 4770. The minimum atomic E-state index is -1.56. The van der Waals surface area contributed by atoms with Crippen molar-refractivity contribution in [1.82, 2.24) is 87.6 Å². The van der Waals surface area contributed by atoms with Gasteiger partial charge in [0.2, 0.25) is 94.5 Å². The summed E-state index contributed by atoms with van der Waals surface area (Å²) < 4.78 is 5.36. The largest absolute Gasteiger partial charge is 0.497 e. The van der Waals surface area contributed by atoms with Crippen LogP contribution in [0.4, 0.5) is 0 Å². The van der Waals surface area contributed by atoms with E-state index < -0.39 is 211 Å². The number of H-pyrrole nitrogens is 2. The number of rotatable bonds is 28. The summed E-state index contributed by atoms with van der Waals surface area (Å²) in [6.45, 7) is 3.32. The average Bonchev–Trinajstić information content (AvgIpc) is 1.72. The second-order valence-electron chi connectivity index (χ2n) is 33.5. The molecule has 3 aromatic carbocycles. The summed E-state index contributed by atoms with van der Waals surface area (Å²) in [5.74, 6) is -13.9. The van der Waals surface area contributed by atoms with E-state index in [0.29, 0.717) is 76.3 Å². The molecule has 0 unspecified atom stereocenters. The number of benzene rings is 3. The topological polar surface area (TPSA) is 627 Å². The Morgan fingerprint density at radius 2 is 0.985 bits per heavy atom. The van der Waals surface area contributed by atoms with Gasteiger partial charge in [-0.1, -0.05) is 88.1 Å². The number of para-hydroxylation sites is 2. The first-order chi connectivity index (χ1) is 62.7. The van der Waals surface area contributed by atoms with Crippen LogP contribution in [0.25, 0.3) is 21.8 Å². The number of carbonyl (C=O) groups is 16. The van der Waals surface area contributed by atoms with E-state index in [9.17, 15) is 48.3 Å². The highest BCUT2D eigenvalue weighted by Crippen LogP contribution is 2.28. The molecule has 42 heteroatoms. The SMILES string of the molecule is CCCC[C@H]1C(=O)N(C)[C@@H](CCCC)C(=O)N[C@@H](CCCN)C(=O)N[C@H](C(=O)NCC(N)=O)CSCC(=O)N[C@@H](Cc2ccc(OC)cc2)C(=O)N(C)[C@@H](C)C(=O)N[C@H](CCN)C(=O)N2CCC[C@H]2C(=O)N[C@@H](CN)C(=O)N[C@@H](CCCCN)C(=O)N2C[C@H](O)C[C@H]2C(=O)N[C@@H](Cc2c[nH]c3ccccc23)C(=O)N[C@@H](CCN)C(=O)N[C@@H](Cc2c[nH]c3ccccc23)C(=O)N1C. The lowest BCUT2D eigenvalue weighted by Gasteiger charge is -2.36. The number of nitrogens with two attached hydrogens (primary N) is 6. The Balaban J connectivity index is 1.18. The monoisotopic (exact) mass is 1840 g/mol. The van der Waals surface area contributed by atoms with Gasteiger partial charge in [0.05, 0.1) is 25.5 Å². The van der Waals surface area contributed by atoms with Crippen LogP contribution in [0, 0.1) is 0 Å². The molecule has 3 aliphatic rings. The number of hydrogen-bond donors (Lipinski definition) is 19. The lowest BCUT2D eigenvalue weighted by molar-refractivity contribution is -0.149. The molecule has 5 aromatic rings. The minimum absolute atomic E-state index is 0.00559. The van der Waals surface area contributed by atoms with Crippen molar-refractivity contribution in [3.63, 3.8) is 0 Å². The molecular weight excluding hydrogens is 1710 g/mol. The quantitative estimate of drug-likeness (QED) is 0.0219. The third-order valence-electron chi connectivity index (χ3n) is 24.1. The van der Waals surface area contributed by atoms with E-state index >= 15 is 33.6 Å². The molecule has 0 saturated carbocycles. The first-order valence-corrected chi connectivity index (χ1v) is 46.1. The van der Waals surface area contributed by atoms with E-state index in [1.165, 1.54) is 49.9 Å². The predicted molar refractivity (Wildman–Crippen MR) is 490 cm³/mol. The van der Waals surface area contributed by atoms with Gasteiger partial charge >= 0.3 is 0 Å². The van der Waals surface area contributed by atoms with Crippen LogP contribution in [0.2, 0.25) is 0 Å². The molecule has 2 aromatic heterocycles. The Morgan fingerprint density at radius 1 is 0.489 bits per heavy atom. The molecular formula is C89H133N23O18S. The summed E-state index contributed by atoms with van der Waals surface area (Å²) in [5, 5.41) is 39.9. The second kappa shape index (κ2) is 51.7. The zero-order chi connectivity index (χ0) is 95.7. The van der Waals surface area contributed by atoms with Gasteiger partial charge in [0.15, 0.2) is 0 Å². The van der Waals surface area contributed by atoms with Crippen molar-refractivity contribution in [1.29, 1.82) is 0 Å². The van der Waals surface area contributed by atoms with Crippen LogP contribution >= 0.6 is 11.8 Å². The van der Waals surface area contributed by atoms with Crippen LogP contribution in [-0.2, 0) is 96.0 Å². The van der Waals surface area contributed by atoms with E-state index in [1.807, 2.05) is 26.0 Å². The van der Waals surface area contributed by atoms with Gasteiger partial charge in [0.1, 0.15) is 90.3 Å². The van der Waals surface area contributed by atoms with Crippen molar-refractivity contribution in [2.45, 2.75) is 233 Å². The fourth-order valence-electron chi connectivity index (χ4n) is 16.4. The van der Waals surface area contributed by atoms with Crippen molar-refractivity contribution >= 4 is 128 Å². The number of nitrogens with zero attached hydrogens (tertiary/aromatic N) is 5. The molecule has 25 N–H and O–H groups in total. The van der Waals surface area contributed by atoms with Crippen LogP contribution in [0.5, 0.6) is 5.75 Å². The molecule has 5 heterocycles. The fourth-order valence-corrected chi connectivity index (χ4v) is 17.3. The molecule has 718 valence electrons. The van der Waals surface area contributed by atoms with Gasteiger partial charge in [0, 0.05) is 106 Å². The maximum absolute atomic E-state index is 15.8. The fraction of sp³-hybridized carbons (Fsp3) is 0.573. The number of primary amides is 1. The summed E-state index contributed by atoms with van der Waals surface area (Å²) in [6, 6.07) is 0.812. The van der Waals surface area contributed by atoms with Crippen molar-refractivity contribution in [3.05, 3.63) is 102 Å². The lowest BCUT2D eigenvalue weighted by atomic mass is 9.99. The maximum Gasteiger partial charge on any atom is 0.245 e. The highest BCUT2D eigenvalue weighted by atomic mass is 32.2. The number of amides is 16. The Hall–Kier alpha value is -11.8. The standard InChI is InChI=1S/C89H133N23O18S/c1-8-10-26-70-82(122)101-61(25-18-36-91)78(118)107-69(77(117)98-47-74(95)114)49-131-50-75(115)99-66(40-52-29-31-56(130-7)32-30-52)85(125)108(4)51(3)76(116)102-64(34-38-93)87(127)111-39-19-28-71(111)83(123)106-68(44-94)81(121)103-63(24-16-17-35-90)88(128)112-48-55(113)43-73(112)84(124)104-65(41-53-45-96-59-22-14-12-20-57(53)59)80(120)100-62(33-37-92)79(119)105-67(42-54-46-97-60-23-15-13-21-58(54)60)86(126)110(6)72(27-11-9-2)89(129)109(70)5/h12-15,20-23,29-32,45-46,51,55,61-73,96-97,113H,8-11,16-19,24-28,33-44,47-50,90-94H2,1-7H3,(H2,95,114)(H,98,117)(H,99,115)(H,100,120)(H,101,122)(H,102,116)(H,103,121)(H,104,124)(H,105,119)(H,106,123)(H,107,118)/t51-,55+,61-,62-,63-,64+,65-,66-,67-,68-,69-,70-,71-,72-,73-/m0/s1. The van der Waals surface area contributed by atoms with Crippen molar-refractivity contribution < 1.29 is 86.6 Å². The van der Waals surface area contributed by atoms with Crippen molar-refractivity contribution in [2.75, 3.05) is 92.1 Å². The van der Waals surface area contributed by atoms with Gasteiger partial charge < -0.3 is 132 Å². The third-order valence-corrected chi connectivity index (χ3v) is 25.1. The van der Waals surface area contributed by atoms with E-state index in [-0.39, 0.29) is 128 Å². The number of fused-ring (bicyclic) bond motifs is 4. The van der Waals surface area contributed by atoms with Crippen LogP contribution in [0.15, 0.2) is 85.2 Å². The summed E-state index contributed by atoms with van der Waals surface area (Å²) in [6.07, 6.45) is 3.49. The van der Waals surface area contributed by atoms with E-state index in [0.717, 1.165) is 21.6 Å². The molecule has 41 nitrogen and oxygen atoms in total. The number of ether oxygens (including phenoxy) is 1. The van der Waals surface area contributed by atoms with Gasteiger partial charge in [-0.2, -0.15) is 0 Å². The lowest BCUT2D eigenvalue weighted by Crippen LogP contribution is -2.61. The second-order valence-corrected chi connectivity index (χ2v) is 34.5. The number of unbranched alkanes of at least 4 members (excludes halogenated alkanes) is 3. The summed E-state index contributed by atoms with van der Waals surface area (Å²) in [7, 11) is 5.55. The van der Waals surface area contributed by atoms with E-state index in [1.54, 1.807) is 73.1 Å². The molecule has 15 atom stereocenters. The van der Waals surface area contributed by atoms with Gasteiger partial charge in [-0.3, -0.25) is 76.7 Å². The van der Waals surface area contributed by atoms with Crippen molar-refractivity contribution in [2.24, 2.45) is 34.4 Å². The van der Waals surface area contributed by atoms with Crippen molar-refractivity contribution in [3.8, 4) is 5.75 Å². The van der Waals surface area contributed by atoms with Gasteiger partial charge in [-0.25, -0.2) is 0 Å². The Morgan fingerprint density at radius 3 is 1.60 bits per heavy atom. The zero-order valence-electron chi connectivity index (χ0n) is 75.7. The highest BCUT2D eigenvalue weighted by Gasteiger charge is 2.46. The number of methoxy groups -OCH3 is 1. The third kappa shape index (κ3) is 29.1. The molecule has 8 rings (SSSR count). The summed E-state index contributed by atoms with van der Waals surface area (Å²) in [4.78, 5) is 249. The highest BCUT2D eigenvalue weighted by molar-refractivity contribution is 8.00. The summed E-state index contributed by atoms with van der Waals surface area (Å²) >= 11 is 0.831. The number of hydrogen-bond acceptors (Lipinski definition) is 24. The number of nitrogens with one attached hydrogen (secondary N) is 12. The predicted octanol–water partition coefficient (Wildman–Crippen LogP) is -3.24. The van der Waals surface area contributed by atoms with Crippen LogP contribution < -0.4 is 92.3 Å². The molecule has 0 aliphatic carbocycles. The number of aliphatic hydroxyl groups is 1. The number of aliphatic hydroxyl groups excluding tert-OH is 1. The molecule has 131 heavy (non-hydrogen) atoms. The van der Waals surface area contributed by atoms with Crippen LogP contribution in [0.1, 0.15) is 140 Å². The molecule has 0 spiro atoms. The Kier molecular flexibility index (Phi) is 41.2. The number of likely N-dealkylation sites (N-methyl/N-ethyl adjacent to an activating group) is 3. The Labute approximate surface area is 766 Å². The molecule has 3 fully saturated rings. The van der Waals surface area contributed by atoms with Gasteiger partial charge in [-0.05, 0) is 145 Å². The van der Waals surface area contributed by atoms with Crippen LogP contribution in [-0.4, -0.2) is 317 Å².